The van der Waals surface area contributed by atoms with Gasteiger partial charge in [0.05, 0.1) is 11.3 Å². The van der Waals surface area contributed by atoms with E-state index >= 15 is 0 Å². The number of halogens is 5. The summed E-state index contributed by atoms with van der Waals surface area (Å²) >= 11 is 3.35. The van der Waals surface area contributed by atoms with Crippen molar-refractivity contribution in [1.29, 1.82) is 0 Å². The molecule has 1 aromatic heterocycles. The lowest BCUT2D eigenvalue weighted by atomic mass is 10.0. The molecule has 10 heteroatoms. The molecule has 0 amide bonds. The van der Waals surface area contributed by atoms with E-state index in [9.17, 15) is 17.6 Å². The SMILES string of the molecule is Cc1nnc(N[C@H](N)c2cc(N)cc(C(F)(F)F)c2F)c2cc(Br)ccc12. The molecule has 142 valence electrons. The Kier molecular flexibility index (Phi) is 4.96. The molecule has 0 aliphatic heterocycles. The van der Waals surface area contributed by atoms with E-state index in [4.69, 9.17) is 11.5 Å². The summed E-state index contributed by atoms with van der Waals surface area (Å²) in [5.41, 5.74) is 9.93. The number of benzene rings is 2. The van der Waals surface area contributed by atoms with Crippen molar-refractivity contribution in [3.05, 3.63) is 57.4 Å². The highest BCUT2D eigenvalue weighted by Crippen LogP contribution is 2.36. The molecule has 5 nitrogen and oxygen atoms in total. The van der Waals surface area contributed by atoms with Crippen molar-refractivity contribution in [2.24, 2.45) is 5.73 Å². The van der Waals surface area contributed by atoms with E-state index in [1.165, 1.54) is 0 Å². The van der Waals surface area contributed by atoms with Crippen LogP contribution in [-0.2, 0) is 6.18 Å². The second kappa shape index (κ2) is 6.93. The number of hydrogen-bond donors (Lipinski definition) is 3. The van der Waals surface area contributed by atoms with Crippen molar-refractivity contribution >= 4 is 38.2 Å². The molecule has 3 rings (SSSR count). The third-order valence-electron chi connectivity index (χ3n) is 3.98. The van der Waals surface area contributed by atoms with Gasteiger partial charge in [0, 0.05) is 26.5 Å². The first-order chi connectivity index (χ1) is 12.6. The summed E-state index contributed by atoms with van der Waals surface area (Å²) in [7, 11) is 0. The monoisotopic (exact) mass is 443 g/mol. The molecule has 0 bridgehead atoms. The maximum absolute atomic E-state index is 14.4. The van der Waals surface area contributed by atoms with Crippen LogP contribution in [0.4, 0.5) is 29.1 Å². The molecular weight excluding hydrogens is 430 g/mol. The normalized spacial score (nSPS) is 13.0. The van der Waals surface area contributed by atoms with Gasteiger partial charge in [-0.3, -0.25) is 0 Å². The van der Waals surface area contributed by atoms with Crippen LogP contribution < -0.4 is 16.8 Å². The lowest BCUT2D eigenvalue weighted by Crippen LogP contribution is -2.24. The number of nitrogens with two attached hydrogens (primary N) is 2. The number of hydrogen-bond acceptors (Lipinski definition) is 5. The molecule has 0 fully saturated rings. The van der Waals surface area contributed by atoms with Crippen LogP contribution in [0.25, 0.3) is 10.8 Å². The maximum atomic E-state index is 14.4. The first-order valence-electron chi connectivity index (χ1n) is 7.68. The van der Waals surface area contributed by atoms with Gasteiger partial charge in [0.2, 0.25) is 0 Å². The molecule has 5 N–H and O–H groups in total. The molecule has 0 saturated carbocycles. The number of rotatable bonds is 3. The third kappa shape index (κ3) is 3.81. The lowest BCUT2D eigenvalue weighted by molar-refractivity contribution is -0.140. The number of aromatic nitrogens is 2. The van der Waals surface area contributed by atoms with Crippen molar-refractivity contribution in [1.82, 2.24) is 10.2 Å². The molecule has 0 unspecified atom stereocenters. The molecule has 0 aliphatic carbocycles. The van der Waals surface area contributed by atoms with Gasteiger partial charge in [-0.2, -0.15) is 18.3 Å². The molecule has 0 radical (unpaired) electrons. The van der Waals surface area contributed by atoms with Crippen molar-refractivity contribution < 1.29 is 17.6 Å². The van der Waals surface area contributed by atoms with E-state index in [-0.39, 0.29) is 11.5 Å². The fourth-order valence-corrected chi connectivity index (χ4v) is 3.06. The zero-order valence-corrected chi connectivity index (χ0v) is 15.5. The van der Waals surface area contributed by atoms with Crippen LogP contribution in [0.5, 0.6) is 0 Å². The summed E-state index contributed by atoms with van der Waals surface area (Å²) in [4.78, 5) is 0. The fourth-order valence-electron chi connectivity index (χ4n) is 2.69. The minimum atomic E-state index is -4.89. The average molecular weight is 444 g/mol. The van der Waals surface area contributed by atoms with Crippen LogP contribution in [0.1, 0.15) is 23.0 Å². The molecule has 1 heterocycles. The van der Waals surface area contributed by atoms with Crippen LogP contribution in [0, 0.1) is 12.7 Å². The van der Waals surface area contributed by atoms with Gasteiger partial charge in [-0.15, -0.1) is 5.10 Å². The zero-order chi connectivity index (χ0) is 19.9. The Morgan fingerprint density at radius 2 is 1.81 bits per heavy atom. The smallest absolute Gasteiger partial charge is 0.399 e. The summed E-state index contributed by atoms with van der Waals surface area (Å²) in [6, 6.07) is 6.96. The Balaban J connectivity index is 2.06. The largest absolute Gasteiger partial charge is 0.419 e. The molecule has 1 atom stereocenters. The van der Waals surface area contributed by atoms with Gasteiger partial charge < -0.3 is 16.8 Å². The topological polar surface area (TPSA) is 89.8 Å². The minimum Gasteiger partial charge on any atom is -0.399 e. The molecule has 27 heavy (non-hydrogen) atoms. The third-order valence-corrected chi connectivity index (χ3v) is 4.48. The molecule has 3 aromatic rings. The van der Waals surface area contributed by atoms with Crippen LogP contribution in [0.2, 0.25) is 0 Å². The van der Waals surface area contributed by atoms with E-state index in [1.807, 2.05) is 12.1 Å². The maximum Gasteiger partial charge on any atom is 0.419 e. The minimum absolute atomic E-state index is 0.208. The quantitative estimate of drug-likeness (QED) is 0.314. The lowest BCUT2D eigenvalue weighted by Gasteiger charge is -2.19. The van der Waals surface area contributed by atoms with Crippen LogP contribution in [-0.4, -0.2) is 10.2 Å². The second-order valence-corrected chi connectivity index (χ2v) is 6.83. The van der Waals surface area contributed by atoms with Crippen molar-refractivity contribution in [3.63, 3.8) is 0 Å². The number of nitrogens with one attached hydrogen (secondary N) is 1. The first kappa shape index (κ1) is 19.3. The second-order valence-electron chi connectivity index (χ2n) is 5.92. The van der Waals surface area contributed by atoms with Crippen LogP contribution in [0.15, 0.2) is 34.8 Å². The van der Waals surface area contributed by atoms with Gasteiger partial charge in [-0.25, -0.2) is 4.39 Å². The number of aryl methyl sites for hydroxylation is 1. The average Bonchev–Trinajstić information content (AvgIpc) is 2.58. The highest BCUT2D eigenvalue weighted by Gasteiger charge is 2.36. The first-order valence-corrected chi connectivity index (χ1v) is 8.48. The summed E-state index contributed by atoms with van der Waals surface area (Å²) in [5.74, 6) is -1.28. The van der Waals surface area contributed by atoms with Crippen LogP contribution in [0.3, 0.4) is 0 Å². The number of fused-ring (bicyclic) bond motifs is 1. The molecule has 2 aromatic carbocycles. The van der Waals surface area contributed by atoms with Gasteiger partial charge in [-0.05, 0) is 31.2 Å². The summed E-state index contributed by atoms with van der Waals surface area (Å²) in [6.45, 7) is 1.76. The predicted octanol–water partition coefficient (Wildman–Crippen LogP) is 4.51. The summed E-state index contributed by atoms with van der Waals surface area (Å²) in [5, 5.41) is 12.1. The highest BCUT2D eigenvalue weighted by atomic mass is 79.9. The van der Waals surface area contributed by atoms with Gasteiger partial charge in [0.25, 0.3) is 0 Å². The molecule has 0 aliphatic rings. The molecule has 0 spiro atoms. The van der Waals surface area contributed by atoms with E-state index in [1.54, 1.807) is 13.0 Å². The Hall–Kier alpha value is -2.46. The van der Waals surface area contributed by atoms with Crippen molar-refractivity contribution in [3.8, 4) is 0 Å². The van der Waals surface area contributed by atoms with Gasteiger partial charge >= 0.3 is 6.18 Å². The summed E-state index contributed by atoms with van der Waals surface area (Å²) in [6.07, 6.45) is -6.22. The number of nitrogen functional groups attached to an aromatic ring is 1. The predicted molar refractivity (Wildman–Crippen MR) is 98.3 cm³/mol. The number of nitrogens with zero attached hydrogens (tertiary/aromatic N) is 2. The Bertz CT molecular complexity index is 1020. The van der Waals surface area contributed by atoms with E-state index in [0.29, 0.717) is 17.1 Å². The fraction of sp³-hybridized carbons (Fsp3) is 0.176. The Morgan fingerprint density at radius 3 is 2.48 bits per heavy atom. The molecular formula is C17H14BrF4N5. The molecule has 0 saturated heterocycles. The van der Waals surface area contributed by atoms with E-state index < -0.39 is 29.3 Å². The van der Waals surface area contributed by atoms with Crippen molar-refractivity contribution in [2.75, 3.05) is 11.1 Å². The van der Waals surface area contributed by atoms with Gasteiger partial charge in [-0.1, -0.05) is 22.0 Å². The van der Waals surface area contributed by atoms with Gasteiger partial charge in [0.15, 0.2) is 5.82 Å². The van der Waals surface area contributed by atoms with Crippen LogP contribution >= 0.6 is 15.9 Å². The Morgan fingerprint density at radius 1 is 1.11 bits per heavy atom. The highest BCUT2D eigenvalue weighted by molar-refractivity contribution is 9.10. The van der Waals surface area contributed by atoms with E-state index in [2.05, 4.69) is 31.4 Å². The zero-order valence-electron chi connectivity index (χ0n) is 13.9. The Labute approximate surface area is 159 Å². The van der Waals surface area contributed by atoms with Crippen molar-refractivity contribution in [2.45, 2.75) is 19.3 Å². The summed E-state index contributed by atoms with van der Waals surface area (Å²) < 4.78 is 54.2. The van der Waals surface area contributed by atoms with E-state index in [0.717, 1.165) is 15.9 Å². The number of alkyl halides is 3. The number of anilines is 2. The standard InChI is InChI=1S/C17H14BrF4N5/c1-7-10-3-2-8(18)4-11(10)16(27-26-7)25-15(24)12-5-9(23)6-13(14(12)19)17(20,21)22/h2-6,15H,23-24H2,1H3,(H,25,27)/t15-/m0/s1. The van der Waals surface area contributed by atoms with Gasteiger partial charge in [0.1, 0.15) is 12.0 Å².